The molecule has 4 aromatic rings. The predicted octanol–water partition coefficient (Wildman–Crippen LogP) is 1.59. The Labute approximate surface area is 172 Å². The van der Waals surface area contributed by atoms with Crippen molar-refractivity contribution in [2.45, 2.75) is 26.1 Å². The predicted molar refractivity (Wildman–Crippen MR) is 106 cm³/mol. The van der Waals surface area contributed by atoms with Crippen molar-refractivity contribution in [3.8, 4) is 11.5 Å². The summed E-state index contributed by atoms with van der Waals surface area (Å²) in [6.45, 7) is 3.61. The van der Waals surface area contributed by atoms with Crippen LogP contribution in [0, 0.1) is 0 Å². The Kier molecular flexibility index (Phi) is 4.51. The van der Waals surface area contributed by atoms with Gasteiger partial charge in [0.25, 0.3) is 5.91 Å². The molecular formula is C20H19N9O. The number of pyridine rings is 1. The highest BCUT2D eigenvalue weighted by molar-refractivity contribution is 5.94. The van der Waals surface area contributed by atoms with Crippen molar-refractivity contribution in [3.05, 3.63) is 71.9 Å². The normalized spacial score (nSPS) is 15.8. The number of carbonyl (C=O) groups is 1. The molecule has 1 atom stereocenters. The molecule has 3 aromatic heterocycles. The molecule has 0 saturated heterocycles. The zero-order valence-corrected chi connectivity index (χ0v) is 16.3. The third kappa shape index (κ3) is 3.32. The number of fused-ring (bicyclic) bond motifs is 1. The molecule has 1 aliphatic rings. The van der Waals surface area contributed by atoms with E-state index in [2.05, 4.69) is 42.2 Å². The molecule has 0 fully saturated rings. The number of carbonyl (C=O) groups excluding carboxylic acids is 1. The van der Waals surface area contributed by atoms with Crippen LogP contribution in [0.5, 0.6) is 0 Å². The largest absolute Gasteiger partial charge is 0.329 e. The van der Waals surface area contributed by atoms with Crippen molar-refractivity contribution < 1.29 is 4.79 Å². The average Bonchev–Trinajstić information content (AvgIpc) is 3.44. The van der Waals surface area contributed by atoms with E-state index in [1.807, 2.05) is 47.4 Å². The van der Waals surface area contributed by atoms with Crippen molar-refractivity contribution >= 4 is 5.91 Å². The second-order valence-electron chi connectivity index (χ2n) is 7.26. The summed E-state index contributed by atoms with van der Waals surface area (Å²) in [6, 6.07) is 13.3. The summed E-state index contributed by atoms with van der Waals surface area (Å²) >= 11 is 0. The molecule has 5 rings (SSSR count). The van der Waals surface area contributed by atoms with Gasteiger partial charge in [-0.2, -0.15) is 0 Å². The lowest BCUT2D eigenvalue weighted by atomic mass is 10.1. The van der Waals surface area contributed by atoms with Crippen molar-refractivity contribution in [1.29, 1.82) is 0 Å². The molecule has 0 spiro atoms. The second-order valence-corrected chi connectivity index (χ2v) is 7.26. The summed E-state index contributed by atoms with van der Waals surface area (Å²) < 4.78 is 3.70. The molecule has 10 heteroatoms. The summed E-state index contributed by atoms with van der Waals surface area (Å²) in [5.74, 6) is 1.47. The minimum atomic E-state index is -0.0236. The number of aromatic nitrogens is 8. The van der Waals surface area contributed by atoms with Crippen LogP contribution >= 0.6 is 0 Å². The van der Waals surface area contributed by atoms with Gasteiger partial charge in [0.15, 0.2) is 11.6 Å². The van der Waals surface area contributed by atoms with Gasteiger partial charge in [-0.15, -0.1) is 15.3 Å². The Bertz CT molecular complexity index is 1150. The van der Waals surface area contributed by atoms with Gasteiger partial charge in [-0.3, -0.25) is 9.78 Å². The zero-order valence-electron chi connectivity index (χ0n) is 16.3. The van der Waals surface area contributed by atoms with Crippen molar-refractivity contribution in [2.75, 3.05) is 6.54 Å². The Morgan fingerprint density at radius 3 is 2.73 bits per heavy atom. The van der Waals surface area contributed by atoms with E-state index in [0.29, 0.717) is 25.2 Å². The molecule has 10 nitrogen and oxygen atoms in total. The first-order chi connectivity index (χ1) is 14.7. The monoisotopic (exact) mass is 401 g/mol. The second kappa shape index (κ2) is 7.47. The topological polar surface area (TPSA) is 108 Å². The Hall–Kier alpha value is -3.95. The lowest BCUT2D eigenvalue weighted by Gasteiger charge is -2.32. The van der Waals surface area contributed by atoms with Crippen LogP contribution in [0.25, 0.3) is 11.5 Å². The molecule has 150 valence electrons. The van der Waals surface area contributed by atoms with Crippen LogP contribution in [-0.2, 0) is 13.1 Å². The first-order valence-corrected chi connectivity index (χ1v) is 9.63. The van der Waals surface area contributed by atoms with Crippen molar-refractivity contribution in [3.63, 3.8) is 0 Å². The number of tetrazole rings is 1. The number of nitrogens with zero attached hydrogens (tertiary/aromatic N) is 9. The SMILES string of the molecule is C[C@H]1CN(C(=O)c2ccc(Cn3cnnn3)cc2)Cc2nnc(-c3ccccn3)n21. The van der Waals surface area contributed by atoms with Gasteiger partial charge in [0.2, 0.25) is 0 Å². The van der Waals surface area contributed by atoms with E-state index in [9.17, 15) is 4.79 Å². The van der Waals surface area contributed by atoms with E-state index < -0.39 is 0 Å². The number of amides is 1. The first kappa shape index (κ1) is 18.1. The Morgan fingerprint density at radius 2 is 2.00 bits per heavy atom. The van der Waals surface area contributed by atoms with Crippen LogP contribution in [0.3, 0.4) is 0 Å². The van der Waals surface area contributed by atoms with E-state index in [-0.39, 0.29) is 11.9 Å². The number of hydrogen-bond donors (Lipinski definition) is 0. The maximum absolute atomic E-state index is 13.1. The summed E-state index contributed by atoms with van der Waals surface area (Å²) in [7, 11) is 0. The van der Waals surface area contributed by atoms with Gasteiger partial charge < -0.3 is 9.47 Å². The molecule has 1 aromatic carbocycles. The molecular weight excluding hydrogens is 382 g/mol. The van der Waals surface area contributed by atoms with E-state index >= 15 is 0 Å². The zero-order chi connectivity index (χ0) is 20.5. The number of benzene rings is 1. The van der Waals surface area contributed by atoms with Gasteiger partial charge in [-0.1, -0.05) is 18.2 Å². The highest BCUT2D eigenvalue weighted by Gasteiger charge is 2.30. The smallest absolute Gasteiger partial charge is 0.254 e. The molecule has 0 bridgehead atoms. The fraction of sp³-hybridized carbons (Fsp3) is 0.250. The van der Waals surface area contributed by atoms with Crippen LogP contribution in [0.15, 0.2) is 55.0 Å². The van der Waals surface area contributed by atoms with Crippen molar-refractivity contribution in [2.24, 2.45) is 0 Å². The third-order valence-corrected chi connectivity index (χ3v) is 5.14. The molecule has 0 N–H and O–H groups in total. The van der Waals surface area contributed by atoms with Crippen LogP contribution in [0.2, 0.25) is 0 Å². The number of rotatable bonds is 4. The highest BCUT2D eigenvalue weighted by Crippen LogP contribution is 2.27. The van der Waals surface area contributed by atoms with Crippen LogP contribution < -0.4 is 0 Å². The standard InChI is InChI=1S/C20H19N9O/c1-14-10-27(12-18-23-24-19(29(14)18)17-4-2-3-9-21-17)20(30)16-7-5-15(6-8-16)11-28-13-22-25-26-28/h2-9,13-14H,10-12H2,1H3/t14-/m0/s1. The molecule has 0 saturated carbocycles. The maximum Gasteiger partial charge on any atom is 0.254 e. The van der Waals surface area contributed by atoms with Gasteiger partial charge in [0.05, 0.1) is 19.1 Å². The molecule has 0 unspecified atom stereocenters. The van der Waals surface area contributed by atoms with Gasteiger partial charge in [-0.25, -0.2) is 4.68 Å². The highest BCUT2D eigenvalue weighted by atomic mass is 16.2. The maximum atomic E-state index is 13.1. The van der Waals surface area contributed by atoms with Crippen molar-refractivity contribution in [1.82, 2.24) is 44.9 Å². The fourth-order valence-electron chi connectivity index (χ4n) is 3.73. The Balaban J connectivity index is 1.34. The van der Waals surface area contributed by atoms with Crippen LogP contribution in [0.4, 0.5) is 0 Å². The molecule has 0 aliphatic carbocycles. The molecule has 1 aliphatic heterocycles. The quantitative estimate of drug-likeness (QED) is 0.511. The molecule has 4 heterocycles. The summed E-state index contributed by atoms with van der Waals surface area (Å²) in [6.07, 6.45) is 3.30. The average molecular weight is 401 g/mol. The van der Waals surface area contributed by atoms with E-state index in [4.69, 9.17) is 0 Å². The van der Waals surface area contributed by atoms with E-state index in [0.717, 1.165) is 22.9 Å². The third-order valence-electron chi connectivity index (χ3n) is 5.14. The van der Waals surface area contributed by atoms with Gasteiger partial charge in [0, 0.05) is 18.3 Å². The first-order valence-electron chi connectivity index (χ1n) is 9.63. The summed E-state index contributed by atoms with van der Waals surface area (Å²) in [5.41, 5.74) is 2.44. The van der Waals surface area contributed by atoms with Gasteiger partial charge in [-0.05, 0) is 47.2 Å². The molecule has 1 amide bonds. The summed E-state index contributed by atoms with van der Waals surface area (Å²) in [4.78, 5) is 19.3. The number of hydrogen-bond acceptors (Lipinski definition) is 7. The lowest BCUT2D eigenvalue weighted by Crippen LogP contribution is -2.40. The minimum absolute atomic E-state index is 0.0236. The fourth-order valence-corrected chi connectivity index (χ4v) is 3.73. The van der Waals surface area contributed by atoms with Gasteiger partial charge in [0.1, 0.15) is 12.0 Å². The van der Waals surface area contributed by atoms with Gasteiger partial charge >= 0.3 is 0 Å². The van der Waals surface area contributed by atoms with E-state index in [1.54, 1.807) is 17.2 Å². The van der Waals surface area contributed by atoms with E-state index in [1.165, 1.54) is 0 Å². The van der Waals surface area contributed by atoms with Crippen LogP contribution in [0.1, 0.15) is 34.7 Å². The molecule has 30 heavy (non-hydrogen) atoms. The Morgan fingerprint density at radius 1 is 1.13 bits per heavy atom. The lowest BCUT2D eigenvalue weighted by molar-refractivity contribution is 0.0682. The molecule has 0 radical (unpaired) electrons. The van der Waals surface area contributed by atoms with Crippen LogP contribution in [-0.4, -0.2) is 57.3 Å². The summed E-state index contributed by atoms with van der Waals surface area (Å²) in [5, 5.41) is 19.8. The minimum Gasteiger partial charge on any atom is -0.329 e.